The fraction of sp³-hybridized carbons (Fsp3) is 0.444. The SMILES string of the molecule is Cc1csc2c(NCC[C@H]3CN(c4cnn(C)c(=O)c4)CCO3)ncnc12. The molecule has 0 bridgehead atoms. The molecule has 3 aromatic heterocycles. The second-order valence-corrected chi connectivity index (χ2v) is 7.53. The van der Waals surface area contributed by atoms with Crippen molar-refractivity contribution in [1.29, 1.82) is 0 Å². The van der Waals surface area contributed by atoms with Crippen LogP contribution in [0.2, 0.25) is 0 Å². The van der Waals surface area contributed by atoms with Crippen molar-refractivity contribution in [1.82, 2.24) is 19.7 Å². The number of nitrogens with one attached hydrogen (secondary N) is 1. The van der Waals surface area contributed by atoms with E-state index in [2.05, 4.69) is 37.6 Å². The number of fused-ring (bicyclic) bond motifs is 1. The zero-order valence-electron chi connectivity index (χ0n) is 15.4. The Morgan fingerprint density at radius 2 is 2.30 bits per heavy atom. The summed E-state index contributed by atoms with van der Waals surface area (Å²) in [5.41, 5.74) is 2.94. The first-order valence-corrected chi connectivity index (χ1v) is 9.82. The highest BCUT2D eigenvalue weighted by Gasteiger charge is 2.21. The molecule has 1 fully saturated rings. The Morgan fingerprint density at radius 1 is 1.41 bits per heavy atom. The first-order valence-electron chi connectivity index (χ1n) is 8.94. The summed E-state index contributed by atoms with van der Waals surface area (Å²) in [6.07, 6.45) is 4.29. The van der Waals surface area contributed by atoms with Gasteiger partial charge in [0.05, 0.1) is 34.8 Å². The molecule has 0 aromatic carbocycles. The molecule has 3 aromatic rings. The number of hydrogen-bond acceptors (Lipinski definition) is 8. The van der Waals surface area contributed by atoms with E-state index in [9.17, 15) is 4.79 Å². The maximum atomic E-state index is 11.8. The van der Waals surface area contributed by atoms with E-state index in [4.69, 9.17) is 4.74 Å². The molecule has 9 heteroatoms. The Bertz CT molecular complexity index is 1000. The molecule has 1 atom stereocenters. The van der Waals surface area contributed by atoms with Crippen LogP contribution < -0.4 is 15.8 Å². The number of aromatic nitrogens is 4. The molecule has 4 rings (SSSR count). The lowest BCUT2D eigenvalue weighted by Gasteiger charge is -2.34. The van der Waals surface area contributed by atoms with Crippen LogP contribution in [0, 0.1) is 6.92 Å². The minimum absolute atomic E-state index is 0.0951. The van der Waals surface area contributed by atoms with Crippen LogP contribution in [0.25, 0.3) is 10.2 Å². The first-order chi connectivity index (χ1) is 13.1. The minimum atomic E-state index is -0.101. The van der Waals surface area contributed by atoms with Gasteiger partial charge in [0.25, 0.3) is 5.56 Å². The van der Waals surface area contributed by atoms with Crippen molar-refractivity contribution in [3.8, 4) is 0 Å². The van der Waals surface area contributed by atoms with Crippen molar-refractivity contribution >= 4 is 33.1 Å². The van der Waals surface area contributed by atoms with Crippen molar-refractivity contribution in [2.24, 2.45) is 7.05 Å². The molecule has 27 heavy (non-hydrogen) atoms. The fourth-order valence-electron chi connectivity index (χ4n) is 3.21. The summed E-state index contributed by atoms with van der Waals surface area (Å²) < 4.78 is 8.32. The number of aryl methyl sites for hydroxylation is 2. The van der Waals surface area contributed by atoms with Crippen molar-refractivity contribution in [2.75, 3.05) is 36.5 Å². The molecule has 0 radical (unpaired) electrons. The van der Waals surface area contributed by atoms with Gasteiger partial charge >= 0.3 is 0 Å². The largest absolute Gasteiger partial charge is 0.374 e. The van der Waals surface area contributed by atoms with Gasteiger partial charge in [0.1, 0.15) is 12.1 Å². The lowest BCUT2D eigenvalue weighted by atomic mass is 10.2. The van der Waals surface area contributed by atoms with Crippen molar-refractivity contribution in [3.05, 3.63) is 39.9 Å². The van der Waals surface area contributed by atoms with Crippen molar-refractivity contribution in [2.45, 2.75) is 19.4 Å². The van der Waals surface area contributed by atoms with Gasteiger partial charge in [0, 0.05) is 32.7 Å². The molecule has 142 valence electrons. The predicted molar refractivity (Wildman–Crippen MR) is 107 cm³/mol. The van der Waals surface area contributed by atoms with Crippen molar-refractivity contribution < 1.29 is 4.74 Å². The van der Waals surface area contributed by atoms with Gasteiger partial charge in [0.2, 0.25) is 0 Å². The molecule has 0 aliphatic carbocycles. The van der Waals surface area contributed by atoms with Gasteiger partial charge in [-0.15, -0.1) is 11.3 Å². The third-order valence-corrected chi connectivity index (χ3v) is 5.84. The molecule has 1 aliphatic heterocycles. The number of nitrogens with zero attached hydrogens (tertiary/aromatic N) is 5. The molecule has 1 saturated heterocycles. The molecule has 0 unspecified atom stereocenters. The monoisotopic (exact) mass is 386 g/mol. The molecule has 0 amide bonds. The second-order valence-electron chi connectivity index (χ2n) is 6.65. The summed E-state index contributed by atoms with van der Waals surface area (Å²) in [5.74, 6) is 0.876. The highest BCUT2D eigenvalue weighted by Crippen LogP contribution is 2.28. The molecule has 8 nitrogen and oxygen atoms in total. The predicted octanol–water partition coefficient (Wildman–Crippen LogP) is 1.80. The number of anilines is 2. The summed E-state index contributed by atoms with van der Waals surface area (Å²) in [6.45, 7) is 4.97. The Morgan fingerprint density at radius 3 is 3.15 bits per heavy atom. The summed E-state index contributed by atoms with van der Waals surface area (Å²) in [5, 5.41) is 9.62. The van der Waals surface area contributed by atoms with Gasteiger partial charge in [0.15, 0.2) is 0 Å². The maximum Gasteiger partial charge on any atom is 0.268 e. The molecule has 1 N–H and O–H groups in total. The number of rotatable bonds is 5. The molecule has 0 saturated carbocycles. The van der Waals surface area contributed by atoms with Gasteiger partial charge in [-0.05, 0) is 24.3 Å². The van der Waals surface area contributed by atoms with Crippen LogP contribution in [0.3, 0.4) is 0 Å². The van der Waals surface area contributed by atoms with E-state index in [0.29, 0.717) is 6.61 Å². The summed E-state index contributed by atoms with van der Waals surface area (Å²) in [7, 11) is 1.65. The number of hydrogen-bond donors (Lipinski definition) is 1. The van der Waals surface area contributed by atoms with E-state index in [0.717, 1.165) is 47.8 Å². The lowest BCUT2D eigenvalue weighted by molar-refractivity contribution is 0.0375. The van der Waals surface area contributed by atoms with E-state index in [1.54, 1.807) is 37.0 Å². The third-order valence-electron chi connectivity index (χ3n) is 4.75. The van der Waals surface area contributed by atoms with Crippen LogP contribution >= 0.6 is 11.3 Å². The van der Waals surface area contributed by atoms with Crippen LogP contribution in [0.1, 0.15) is 12.0 Å². The smallest absolute Gasteiger partial charge is 0.268 e. The van der Waals surface area contributed by atoms with E-state index in [1.165, 1.54) is 10.2 Å². The van der Waals surface area contributed by atoms with E-state index in [-0.39, 0.29) is 11.7 Å². The molecular weight excluding hydrogens is 364 g/mol. The van der Waals surface area contributed by atoms with Crippen LogP contribution in [0.15, 0.2) is 28.8 Å². The van der Waals surface area contributed by atoms with Crippen molar-refractivity contribution in [3.63, 3.8) is 0 Å². The Balaban J connectivity index is 1.37. The van der Waals surface area contributed by atoms with Crippen LogP contribution in [-0.4, -0.2) is 52.1 Å². The van der Waals surface area contributed by atoms with E-state index >= 15 is 0 Å². The van der Waals surface area contributed by atoms with E-state index < -0.39 is 0 Å². The lowest BCUT2D eigenvalue weighted by Crippen LogP contribution is -2.43. The zero-order chi connectivity index (χ0) is 18.8. The zero-order valence-corrected chi connectivity index (χ0v) is 16.2. The molecular formula is C18H22N6O2S. The van der Waals surface area contributed by atoms with E-state index in [1.807, 2.05) is 0 Å². The number of ether oxygens (including phenoxy) is 1. The quantitative estimate of drug-likeness (QED) is 0.716. The maximum absolute atomic E-state index is 11.8. The molecule has 0 spiro atoms. The summed E-state index contributed by atoms with van der Waals surface area (Å²) >= 11 is 1.66. The minimum Gasteiger partial charge on any atom is -0.374 e. The topological polar surface area (TPSA) is 85.2 Å². The Hall–Kier alpha value is -2.52. The third kappa shape index (κ3) is 3.79. The standard InChI is InChI=1S/C18H22N6O2S/c1-12-10-27-17-16(12)20-11-21-18(17)19-4-3-14-9-24(5-6-26-14)13-7-15(25)23(2)22-8-13/h7-8,10-11,14H,3-6,9H2,1-2H3,(H,19,20,21)/t14-/m0/s1. The first kappa shape index (κ1) is 17.9. The Kier molecular flexibility index (Phi) is 5.04. The normalized spacial score (nSPS) is 17.4. The average Bonchev–Trinajstić information content (AvgIpc) is 3.06. The van der Waals surface area contributed by atoms with Crippen LogP contribution in [0.4, 0.5) is 11.5 Å². The van der Waals surface area contributed by atoms with Gasteiger partial charge in [-0.1, -0.05) is 0 Å². The summed E-state index contributed by atoms with van der Waals surface area (Å²) in [4.78, 5) is 22.7. The highest BCUT2D eigenvalue weighted by atomic mass is 32.1. The Labute approximate surface area is 160 Å². The summed E-state index contributed by atoms with van der Waals surface area (Å²) in [6, 6.07) is 1.63. The van der Waals surface area contributed by atoms with Crippen LogP contribution in [-0.2, 0) is 11.8 Å². The molecule has 4 heterocycles. The van der Waals surface area contributed by atoms with Crippen LogP contribution in [0.5, 0.6) is 0 Å². The number of thiophene rings is 1. The van der Waals surface area contributed by atoms with Gasteiger partial charge in [-0.2, -0.15) is 5.10 Å². The second kappa shape index (κ2) is 7.61. The highest BCUT2D eigenvalue weighted by molar-refractivity contribution is 7.18. The van der Waals surface area contributed by atoms with Gasteiger partial charge < -0.3 is 15.0 Å². The number of morpholine rings is 1. The van der Waals surface area contributed by atoms with Gasteiger partial charge in [-0.25, -0.2) is 14.6 Å². The molecule has 1 aliphatic rings. The fourth-order valence-corrected chi connectivity index (χ4v) is 4.18. The average molecular weight is 386 g/mol. The van der Waals surface area contributed by atoms with Gasteiger partial charge in [-0.3, -0.25) is 4.79 Å².